The van der Waals surface area contributed by atoms with Crippen molar-refractivity contribution in [3.63, 3.8) is 0 Å². The molecule has 0 aromatic carbocycles. The van der Waals surface area contributed by atoms with Crippen LogP contribution in [0.5, 0.6) is 0 Å². The van der Waals surface area contributed by atoms with Gasteiger partial charge in [0.2, 0.25) is 15.9 Å². The summed E-state index contributed by atoms with van der Waals surface area (Å²) in [6.07, 6.45) is 0.411. The van der Waals surface area contributed by atoms with Crippen LogP contribution in [0.15, 0.2) is 0 Å². The molecule has 1 amide bonds. The second kappa shape index (κ2) is 8.67. The van der Waals surface area contributed by atoms with E-state index in [-0.39, 0.29) is 36.6 Å². The molecule has 21 heavy (non-hydrogen) atoms. The van der Waals surface area contributed by atoms with Crippen LogP contribution in [-0.2, 0) is 19.6 Å². The smallest absolute Gasteiger partial charge is 0.221 e. The van der Waals surface area contributed by atoms with E-state index in [0.717, 1.165) is 0 Å². The number of sulfonamides is 1. The molecule has 0 bridgehead atoms. The van der Waals surface area contributed by atoms with Crippen LogP contribution in [0.3, 0.4) is 0 Å². The average molecular weight is 322 g/mol. The molecule has 1 rings (SSSR count). The van der Waals surface area contributed by atoms with Crippen molar-refractivity contribution in [2.24, 2.45) is 5.92 Å². The van der Waals surface area contributed by atoms with Gasteiger partial charge in [0.1, 0.15) is 0 Å². The molecule has 124 valence electrons. The third kappa shape index (κ3) is 6.29. The highest BCUT2D eigenvalue weighted by atomic mass is 32.2. The number of nitrogens with zero attached hydrogens (tertiary/aromatic N) is 1. The molecular weight excluding hydrogens is 296 g/mol. The Bertz CT molecular complexity index is 418. The standard InChI is InChI=1S/C13H26N2O5S/c1-11(2)12(3-7-16)14-13(17)4-10-21(18,19)15-5-8-20-9-6-15/h11-12,16H,3-10H2,1-2H3,(H,14,17). The third-order valence-corrected chi connectivity index (χ3v) is 5.41. The molecule has 1 atom stereocenters. The third-order valence-electron chi connectivity index (χ3n) is 3.54. The van der Waals surface area contributed by atoms with E-state index >= 15 is 0 Å². The largest absolute Gasteiger partial charge is 0.396 e. The van der Waals surface area contributed by atoms with Crippen molar-refractivity contribution in [1.82, 2.24) is 9.62 Å². The maximum absolute atomic E-state index is 12.1. The van der Waals surface area contributed by atoms with Gasteiger partial charge in [-0.25, -0.2) is 8.42 Å². The van der Waals surface area contributed by atoms with Crippen LogP contribution in [0.1, 0.15) is 26.7 Å². The lowest BCUT2D eigenvalue weighted by Gasteiger charge is -2.26. The summed E-state index contributed by atoms with van der Waals surface area (Å²) in [6.45, 7) is 5.40. The first-order valence-corrected chi connectivity index (χ1v) is 8.93. The summed E-state index contributed by atoms with van der Waals surface area (Å²) in [5.74, 6) is -0.293. The van der Waals surface area contributed by atoms with Gasteiger partial charge in [-0.15, -0.1) is 0 Å². The Kier molecular flexibility index (Phi) is 7.58. The first-order chi connectivity index (χ1) is 9.86. The Hall–Kier alpha value is -0.700. The number of hydrogen-bond donors (Lipinski definition) is 2. The quantitative estimate of drug-likeness (QED) is 0.632. The number of carbonyl (C=O) groups is 1. The van der Waals surface area contributed by atoms with Gasteiger partial charge in [0, 0.05) is 32.2 Å². The second-order valence-electron chi connectivity index (χ2n) is 5.51. The zero-order valence-corrected chi connectivity index (χ0v) is 13.6. The van der Waals surface area contributed by atoms with E-state index in [4.69, 9.17) is 9.84 Å². The molecule has 1 heterocycles. The predicted molar refractivity (Wildman–Crippen MR) is 79.3 cm³/mol. The molecule has 2 N–H and O–H groups in total. The topological polar surface area (TPSA) is 95.9 Å². The predicted octanol–water partition coefficient (Wildman–Crippen LogP) is -0.438. The molecule has 1 aliphatic heterocycles. The maximum atomic E-state index is 12.1. The highest BCUT2D eigenvalue weighted by Crippen LogP contribution is 2.09. The minimum atomic E-state index is -3.40. The first kappa shape index (κ1) is 18.3. The number of morpholine rings is 1. The van der Waals surface area contributed by atoms with Gasteiger partial charge in [-0.1, -0.05) is 13.8 Å². The summed E-state index contributed by atoms with van der Waals surface area (Å²) in [7, 11) is -3.40. The molecule has 0 aliphatic carbocycles. The summed E-state index contributed by atoms with van der Waals surface area (Å²) in [6, 6.07) is -0.131. The van der Waals surface area contributed by atoms with Crippen molar-refractivity contribution < 1.29 is 23.1 Å². The fourth-order valence-corrected chi connectivity index (χ4v) is 3.57. The van der Waals surface area contributed by atoms with Crippen LogP contribution >= 0.6 is 0 Å². The number of nitrogens with one attached hydrogen (secondary N) is 1. The van der Waals surface area contributed by atoms with Gasteiger partial charge in [0.05, 0.1) is 19.0 Å². The number of hydrogen-bond acceptors (Lipinski definition) is 5. The van der Waals surface area contributed by atoms with Gasteiger partial charge in [-0.05, 0) is 12.3 Å². The highest BCUT2D eigenvalue weighted by molar-refractivity contribution is 7.89. The summed E-state index contributed by atoms with van der Waals surface area (Å²) < 4.78 is 30.7. The molecule has 1 saturated heterocycles. The number of aliphatic hydroxyl groups excluding tert-OH is 1. The maximum Gasteiger partial charge on any atom is 0.221 e. The van der Waals surface area contributed by atoms with E-state index in [1.165, 1.54) is 4.31 Å². The van der Waals surface area contributed by atoms with Gasteiger partial charge in [0.15, 0.2) is 0 Å². The number of rotatable bonds is 8. The Labute approximate surface area is 126 Å². The van der Waals surface area contributed by atoms with Crippen LogP contribution in [0, 0.1) is 5.92 Å². The number of aliphatic hydroxyl groups is 1. The Balaban J connectivity index is 2.43. The fraction of sp³-hybridized carbons (Fsp3) is 0.923. The molecule has 8 heteroatoms. The van der Waals surface area contributed by atoms with Crippen molar-refractivity contribution in [3.8, 4) is 0 Å². The van der Waals surface area contributed by atoms with Crippen molar-refractivity contribution in [2.45, 2.75) is 32.7 Å². The monoisotopic (exact) mass is 322 g/mol. The van der Waals surface area contributed by atoms with E-state index in [1.54, 1.807) is 0 Å². The van der Waals surface area contributed by atoms with E-state index in [1.807, 2.05) is 13.8 Å². The van der Waals surface area contributed by atoms with Gasteiger partial charge < -0.3 is 15.2 Å². The summed E-state index contributed by atoms with van der Waals surface area (Å²) >= 11 is 0. The number of ether oxygens (including phenoxy) is 1. The van der Waals surface area contributed by atoms with Crippen molar-refractivity contribution in [1.29, 1.82) is 0 Å². The molecule has 7 nitrogen and oxygen atoms in total. The summed E-state index contributed by atoms with van der Waals surface area (Å²) in [5, 5.41) is 11.7. The summed E-state index contributed by atoms with van der Waals surface area (Å²) in [5.41, 5.74) is 0. The molecule has 0 spiro atoms. The van der Waals surface area contributed by atoms with Crippen LogP contribution < -0.4 is 5.32 Å². The fourth-order valence-electron chi connectivity index (χ4n) is 2.17. The van der Waals surface area contributed by atoms with E-state index in [9.17, 15) is 13.2 Å². The molecule has 1 fully saturated rings. The highest BCUT2D eigenvalue weighted by Gasteiger charge is 2.25. The van der Waals surface area contributed by atoms with Crippen molar-refractivity contribution >= 4 is 15.9 Å². The first-order valence-electron chi connectivity index (χ1n) is 7.32. The minimum absolute atomic E-state index is 0.00476. The molecule has 0 radical (unpaired) electrons. The Morgan fingerprint density at radius 3 is 2.48 bits per heavy atom. The summed E-state index contributed by atoms with van der Waals surface area (Å²) in [4.78, 5) is 11.9. The zero-order valence-electron chi connectivity index (χ0n) is 12.7. The molecule has 0 aromatic rings. The van der Waals surface area contributed by atoms with Gasteiger partial charge in [-0.3, -0.25) is 4.79 Å². The van der Waals surface area contributed by atoms with Crippen LogP contribution in [-0.4, -0.2) is 68.4 Å². The lowest BCUT2D eigenvalue weighted by atomic mass is 10.0. The lowest BCUT2D eigenvalue weighted by Crippen LogP contribution is -2.43. The Morgan fingerprint density at radius 1 is 1.33 bits per heavy atom. The minimum Gasteiger partial charge on any atom is -0.396 e. The van der Waals surface area contributed by atoms with Crippen molar-refractivity contribution in [3.05, 3.63) is 0 Å². The molecule has 0 saturated carbocycles. The number of amides is 1. The van der Waals surface area contributed by atoms with Gasteiger partial charge in [0.25, 0.3) is 0 Å². The lowest BCUT2D eigenvalue weighted by molar-refractivity contribution is -0.121. The van der Waals surface area contributed by atoms with Crippen LogP contribution in [0.4, 0.5) is 0 Å². The molecule has 1 unspecified atom stereocenters. The number of carbonyl (C=O) groups excluding carboxylic acids is 1. The van der Waals surface area contributed by atoms with Crippen LogP contribution in [0.25, 0.3) is 0 Å². The Morgan fingerprint density at radius 2 is 1.95 bits per heavy atom. The molecule has 1 aliphatic rings. The average Bonchev–Trinajstić information content (AvgIpc) is 2.45. The normalized spacial score (nSPS) is 18.7. The van der Waals surface area contributed by atoms with Gasteiger partial charge >= 0.3 is 0 Å². The van der Waals surface area contributed by atoms with E-state index in [2.05, 4.69) is 5.32 Å². The van der Waals surface area contributed by atoms with E-state index in [0.29, 0.717) is 32.7 Å². The van der Waals surface area contributed by atoms with Crippen LogP contribution in [0.2, 0.25) is 0 Å². The molecule has 0 aromatic heterocycles. The SMILES string of the molecule is CC(C)C(CCO)NC(=O)CCS(=O)(=O)N1CCOCC1. The van der Waals surface area contributed by atoms with Crippen molar-refractivity contribution in [2.75, 3.05) is 38.7 Å². The van der Waals surface area contributed by atoms with Gasteiger partial charge in [-0.2, -0.15) is 4.31 Å². The second-order valence-corrected chi connectivity index (χ2v) is 7.60. The molecular formula is C13H26N2O5S. The van der Waals surface area contributed by atoms with E-state index < -0.39 is 10.0 Å². The zero-order chi connectivity index (χ0) is 15.9.